The highest BCUT2D eigenvalue weighted by atomic mass is 32.2. The number of hydrogen-bond acceptors (Lipinski definition) is 3. The third-order valence-electron chi connectivity index (χ3n) is 3.82. The van der Waals surface area contributed by atoms with Crippen LogP contribution in [0.15, 0.2) is 0 Å². The van der Waals surface area contributed by atoms with Crippen molar-refractivity contribution in [1.29, 1.82) is 0 Å². The summed E-state index contributed by atoms with van der Waals surface area (Å²) in [5.41, 5.74) is -0.206. The maximum atomic E-state index is 12.4. The number of carboxylic acid groups (broad SMARTS) is 1. The van der Waals surface area contributed by atoms with Gasteiger partial charge in [0.15, 0.2) is 0 Å². The van der Waals surface area contributed by atoms with E-state index in [1.807, 2.05) is 6.92 Å². The molecule has 5 nitrogen and oxygen atoms in total. The Hall–Kier alpha value is -0.620. The number of nitrogens with zero attached hydrogens (tertiary/aromatic N) is 1. The van der Waals surface area contributed by atoms with Gasteiger partial charge in [0.05, 0.1) is 5.75 Å². The third-order valence-corrected chi connectivity index (χ3v) is 6.14. The van der Waals surface area contributed by atoms with Crippen molar-refractivity contribution in [3.63, 3.8) is 0 Å². The molecular weight excluding hydrogens is 266 g/mol. The molecule has 0 spiro atoms. The second kappa shape index (κ2) is 6.22. The average Bonchev–Trinajstić information content (AvgIpc) is 2.24. The van der Waals surface area contributed by atoms with Crippen LogP contribution in [0.3, 0.4) is 0 Å². The van der Waals surface area contributed by atoms with Crippen LogP contribution in [0.5, 0.6) is 0 Å². The second-order valence-electron chi connectivity index (χ2n) is 6.16. The van der Waals surface area contributed by atoms with Crippen LogP contribution in [0.1, 0.15) is 52.9 Å². The molecule has 0 saturated heterocycles. The molecular formula is C13H25NO4S. The fourth-order valence-corrected chi connectivity index (χ4v) is 5.09. The zero-order chi connectivity index (χ0) is 14.7. The predicted molar refractivity (Wildman–Crippen MR) is 74.5 cm³/mol. The van der Waals surface area contributed by atoms with Crippen LogP contribution in [0.2, 0.25) is 0 Å². The Labute approximate surface area is 116 Å². The Morgan fingerprint density at radius 2 is 1.79 bits per heavy atom. The van der Waals surface area contributed by atoms with Gasteiger partial charge in [-0.15, -0.1) is 0 Å². The maximum absolute atomic E-state index is 12.4. The Morgan fingerprint density at radius 3 is 2.21 bits per heavy atom. The molecule has 0 aromatic heterocycles. The van der Waals surface area contributed by atoms with Crippen molar-refractivity contribution in [2.45, 2.75) is 58.9 Å². The summed E-state index contributed by atoms with van der Waals surface area (Å²) in [4.78, 5) is 10.8. The number of hydrogen-bond donors (Lipinski definition) is 1. The van der Waals surface area contributed by atoms with Gasteiger partial charge in [-0.1, -0.05) is 26.2 Å². The first kappa shape index (κ1) is 16.4. The third kappa shape index (κ3) is 4.76. The molecule has 0 heterocycles. The summed E-state index contributed by atoms with van der Waals surface area (Å²) in [6, 6.07) is -0.326. The molecule has 1 rings (SSSR count). The van der Waals surface area contributed by atoms with Gasteiger partial charge in [0.25, 0.3) is 0 Å². The van der Waals surface area contributed by atoms with Crippen LogP contribution in [-0.4, -0.2) is 42.1 Å². The van der Waals surface area contributed by atoms with Crippen LogP contribution >= 0.6 is 0 Å². The molecule has 112 valence electrons. The van der Waals surface area contributed by atoms with Crippen LogP contribution in [0, 0.1) is 5.41 Å². The fraction of sp³-hybridized carbons (Fsp3) is 0.923. The van der Waals surface area contributed by atoms with E-state index in [1.54, 1.807) is 13.8 Å². The van der Waals surface area contributed by atoms with E-state index >= 15 is 0 Å². The summed E-state index contributed by atoms with van der Waals surface area (Å²) in [5, 5.41) is 8.86. The van der Waals surface area contributed by atoms with Gasteiger partial charge in [0.2, 0.25) is 10.0 Å². The van der Waals surface area contributed by atoms with Crippen molar-refractivity contribution in [2.75, 3.05) is 12.3 Å². The van der Waals surface area contributed by atoms with Crippen LogP contribution in [-0.2, 0) is 14.8 Å². The lowest BCUT2D eigenvalue weighted by Gasteiger charge is -2.35. The van der Waals surface area contributed by atoms with Gasteiger partial charge in [0.1, 0.15) is 6.54 Å². The zero-order valence-corrected chi connectivity index (χ0v) is 12.9. The lowest BCUT2D eigenvalue weighted by atomic mass is 9.77. The van der Waals surface area contributed by atoms with E-state index in [-0.39, 0.29) is 17.2 Å². The van der Waals surface area contributed by atoms with Crippen molar-refractivity contribution in [2.24, 2.45) is 5.41 Å². The highest BCUT2D eigenvalue weighted by molar-refractivity contribution is 7.89. The first-order chi connectivity index (χ1) is 8.66. The molecule has 1 aliphatic rings. The first-order valence-electron chi connectivity index (χ1n) is 6.88. The summed E-state index contributed by atoms with van der Waals surface area (Å²) < 4.78 is 26.0. The molecule has 1 saturated carbocycles. The number of aliphatic carboxylic acids is 1. The van der Waals surface area contributed by atoms with Crippen LogP contribution in [0.4, 0.5) is 0 Å². The minimum absolute atomic E-state index is 0.0610. The molecule has 0 unspecified atom stereocenters. The quantitative estimate of drug-likeness (QED) is 0.813. The highest BCUT2D eigenvalue weighted by Gasteiger charge is 2.36. The fourth-order valence-electron chi connectivity index (χ4n) is 2.81. The van der Waals surface area contributed by atoms with Gasteiger partial charge in [-0.2, -0.15) is 4.31 Å². The molecule has 0 aliphatic heterocycles. The Balaban J connectivity index is 2.84. The van der Waals surface area contributed by atoms with Gasteiger partial charge in [-0.3, -0.25) is 4.79 Å². The predicted octanol–water partition coefficient (Wildman–Crippen LogP) is 2.08. The normalized spacial score (nSPS) is 19.8. The minimum Gasteiger partial charge on any atom is -0.480 e. The topological polar surface area (TPSA) is 74.7 Å². The molecule has 0 aromatic carbocycles. The number of carbonyl (C=O) groups is 1. The van der Waals surface area contributed by atoms with E-state index in [4.69, 9.17) is 5.11 Å². The van der Waals surface area contributed by atoms with Gasteiger partial charge < -0.3 is 5.11 Å². The SMILES string of the molecule is CC(C)N(CC(=O)O)S(=O)(=O)CC1(C)CCCCC1. The maximum Gasteiger partial charge on any atom is 0.318 e. The zero-order valence-electron chi connectivity index (χ0n) is 12.1. The molecule has 0 bridgehead atoms. The van der Waals surface area contributed by atoms with Gasteiger partial charge in [0, 0.05) is 6.04 Å². The van der Waals surface area contributed by atoms with Crippen molar-refractivity contribution < 1.29 is 18.3 Å². The summed E-state index contributed by atoms with van der Waals surface area (Å²) in [7, 11) is -3.52. The van der Waals surface area contributed by atoms with Crippen molar-refractivity contribution >= 4 is 16.0 Å². The number of sulfonamides is 1. The summed E-state index contributed by atoms with van der Waals surface area (Å²) in [6.07, 6.45) is 5.11. The summed E-state index contributed by atoms with van der Waals surface area (Å²) >= 11 is 0. The molecule has 0 radical (unpaired) electrons. The van der Waals surface area contributed by atoms with Gasteiger partial charge >= 0.3 is 5.97 Å². The van der Waals surface area contributed by atoms with E-state index in [9.17, 15) is 13.2 Å². The van der Waals surface area contributed by atoms with E-state index in [1.165, 1.54) is 6.42 Å². The van der Waals surface area contributed by atoms with Crippen LogP contribution in [0.25, 0.3) is 0 Å². The number of rotatable bonds is 6. The smallest absolute Gasteiger partial charge is 0.318 e. The molecule has 0 aromatic rings. The van der Waals surface area contributed by atoms with E-state index < -0.39 is 22.5 Å². The van der Waals surface area contributed by atoms with Crippen molar-refractivity contribution in [3.8, 4) is 0 Å². The number of carboxylic acids is 1. The Bertz CT molecular complexity index is 410. The largest absolute Gasteiger partial charge is 0.480 e. The molecule has 1 aliphatic carbocycles. The standard InChI is InChI=1S/C13H25NO4S/c1-11(2)14(9-12(15)16)19(17,18)10-13(3)7-5-4-6-8-13/h11H,4-10H2,1-3H3,(H,15,16). The molecule has 19 heavy (non-hydrogen) atoms. The minimum atomic E-state index is -3.52. The highest BCUT2D eigenvalue weighted by Crippen LogP contribution is 2.37. The van der Waals surface area contributed by atoms with E-state index in [2.05, 4.69) is 0 Å². The molecule has 1 fully saturated rings. The molecule has 1 N–H and O–H groups in total. The molecule has 0 amide bonds. The van der Waals surface area contributed by atoms with Crippen LogP contribution < -0.4 is 0 Å². The molecule has 6 heteroatoms. The summed E-state index contributed by atoms with van der Waals surface area (Å²) in [5.74, 6) is -1.04. The lowest BCUT2D eigenvalue weighted by molar-refractivity contribution is -0.137. The Kier molecular flexibility index (Phi) is 5.38. The van der Waals surface area contributed by atoms with Crippen molar-refractivity contribution in [3.05, 3.63) is 0 Å². The van der Waals surface area contributed by atoms with Crippen molar-refractivity contribution in [1.82, 2.24) is 4.31 Å². The van der Waals surface area contributed by atoms with Gasteiger partial charge in [-0.05, 0) is 32.1 Å². The van der Waals surface area contributed by atoms with E-state index in [0.717, 1.165) is 30.0 Å². The average molecular weight is 291 g/mol. The summed E-state index contributed by atoms with van der Waals surface area (Å²) in [6.45, 7) is 4.98. The van der Waals surface area contributed by atoms with Gasteiger partial charge in [-0.25, -0.2) is 8.42 Å². The Morgan fingerprint density at radius 1 is 1.26 bits per heavy atom. The molecule has 0 atom stereocenters. The monoisotopic (exact) mass is 291 g/mol. The lowest BCUT2D eigenvalue weighted by Crippen LogP contribution is -2.45. The first-order valence-corrected chi connectivity index (χ1v) is 8.48. The van der Waals surface area contributed by atoms with E-state index in [0.29, 0.717) is 0 Å². The second-order valence-corrected chi connectivity index (χ2v) is 8.08.